The maximum Gasteiger partial charge on any atom is 0.234 e. The van der Waals surface area contributed by atoms with E-state index < -0.39 is 0 Å². The molecule has 24 heavy (non-hydrogen) atoms. The van der Waals surface area contributed by atoms with Crippen LogP contribution in [-0.2, 0) is 23.5 Å². The number of hydrogen-bond donors (Lipinski definition) is 2. The summed E-state index contributed by atoms with van der Waals surface area (Å²) in [6.07, 6.45) is 0.647. The van der Waals surface area contributed by atoms with Crippen LogP contribution in [0.5, 0.6) is 0 Å². The molecule has 126 valence electrons. The molecule has 0 spiro atoms. The molecule has 2 aromatic rings. The summed E-state index contributed by atoms with van der Waals surface area (Å²) in [6.45, 7) is 1.44. The van der Waals surface area contributed by atoms with Gasteiger partial charge >= 0.3 is 0 Å². The molecule has 0 aromatic heterocycles. The number of benzene rings is 2. The Balaban J connectivity index is 1.55. The van der Waals surface area contributed by atoms with Gasteiger partial charge in [-0.3, -0.25) is 4.79 Å². The second-order valence-electron chi connectivity index (χ2n) is 5.66. The third-order valence-electron chi connectivity index (χ3n) is 3.87. The van der Waals surface area contributed by atoms with Crippen LogP contribution in [-0.4, -0.2) is 18.2 Å². The zero-order chi connectivity index (χ0) is 16.9. The van der Waals surface area contributed by atoms with Gasteiger partial charge in [-0.15, -0.1) is 11.8 Å². The number of amides is 1. The number of carbonyl (C=O) groups is 1. The van der Waals surface area contributed by atoms with E-state index in [-0.39, 0.29) is 23.2 Å². The van der Waals surface area contributed by atoms with Crippen molar-refractivity contribution in [2.45, 2.75) is 18.7 Å². The van der Waals surface area contributed by atoms with Crippen LogP contribution < -0.4 is 10.6 Å². The van der Waals surface area contributed by atoms with Crippen LogP contribution in [0.3, 0.4) is 0 Å². The van der Waals surface area contributed by atoms with Gasteiger partial charge in [0.2, 0.25) is 5.91 Å². The third kappa shape index (κ3) is 4.29. The number of hydrogen-bond acceptors (Lipinski definition) is 3. The minimum absolute atomic E-state index is 0.199. The molecule has 0 atom stereocenters. The number of anilines is 1. The van der Waals surface area contributed by atoms with E-state index in [1.165, 1.54) is 11.8 Å². The molecule has 2 aromatic carbocycles. The first-order chi connectivity index (χ1) is 11.6. The topological polar surface area (TPSA) is 41.1 Å². The summed E-state index contributed by atoms with van der Waals surface area (Å²) in [6, 6.07) is 11.1. The van der Waals surface area contributed by atoms with Crippen LogP contribution in [0.1, 0.15) is 16.7 Å². The van der Waals surface area contributed by atoms with Crippen LogP contribution in [0.15, 0.2) is 36.4 Å². The number of thioether (sulfide) groups is 1. The molecule has 0 aliphatic carbocycles. The Morgan fingerprint density at radius 1 is 1.33 bits per heavy atom. The van der Waals surface area contributed by atoms with Crippen molar-refractivity contribution in [3.63, 3.8) is 0 Å². The van der Waals surface area contributed by atoms with Crippen LogP contribution in [0, 0.1) is 5.82 Å². The predicted octanol–water partition coefficient (Wildman–Crippen LogP) is 4.00. The first-order valence-electron chi connectivity index (χ1n) is 7.76. The zero-order valence-corrected chi connectivity index (χ0v) is 14.6. The van der Waals surface area contributed by atoms with E-state index >= 15 is 0 Å². The van der Waals surface area contributed by atoms with E-state index in [1.54, 1.807) is 6.07 Å². The van der Waals surface area contributed by atoms with E-state index in [0.29, 0.717) is 29.3 Å². The van der Waals surface area contributed by atoms with E-state index in [4.69, 9.17) is 11.6 Å². The van der Waals surface area contributed by atoms with Crippen molar-refractivity contribution in [3.05, 3.63) is 63.9 Å². The van der Waals surface area contributed by atoms with Gasteiger partial charge in [0, 0.05) is 17.3 Å². The number of fused-ring (bicyclic) bond motifs is 1. The van der Waals surface area contributed by atoms with Crippen LogP contribution in [0.2, 0.25) is 5.02 Å². The van der Waals surface area contributed by atoms with E-state index in [2.05, 4.69) is 10.6 Å². The number of nitrogens with one attached hydrogen (secondary N) is 2. The van der Waals surface area contributed by atoms with Crippen molar-refractivity contribution in [2.24, 2.45) is 0 Å². The fourth-order valence-corrected chi connectivity index (χ4v) is 3.69. The summed E-state index contributed by atoms with van der Waals surface area (Å²) in [4.78, 5) is 12.1. The summed E-state index contributed by atoms with van der Waals surface area (Å²) < 4.78 is 14.5. The quantitative estimate of drug-likeness (QED) is 0.842. The summed E-state index contributed by atoms with van der Waals surface area (Å²) >= 11 is 7.41. The van der Waals surface area contributed by atoms with E-state index in [1.807, 2.05) is 30.3 Å². The Hall–Kier alpha value is -1.56. The van der Waals surface area contributed by atoms with Crippen LogP contribution in [0.25, 0.3) is 0 Å². The molecule has 0 saturated heterocycles. The van der Waals surface area contributed by atoms with Crippen LogP contribution in [0.4, 0.5) is 10.1 Å². The number of rotatable bonds is 5. The molecule has 6 heteroatoms. The molecule has 1 aliphatic heterocycles. The highest BCUT2D eigenvalue weighted by atomic mass is 35.5. The Morgan fingerprint density at radius 3 is 3.04 bits per heavy atom. The lowest BCUT2D eigenvalue weighted by atomic mass is 9.99. The molecule has 1 aliphatic rings. The lowest BCUT2D eigenvalue weighted by molar-refractivity contribution is -0.113. The largest absolute Gasteiger partial charge is 0.323 e. The predicted molar refractivity (Wildman–Crippen MR) is 98.1 cm³/mol. The average molecular weight is 365 g/mol. The lowest BCUT2D eigenvalue weighted by Gasteiger charge is -2.19. The SMILES string of the molecule is O=C(CSCc1cccc(Cl)c1)Nc1ccc2c(c1F)CCNC2. The molecule has 3 nitrogen and oxygen atoms in total. The lowest BCUT2D eigenvalue weighted by Crippen LogP contribution is -2.25. The Morgan fingerprint density at radius 2 is 2.21 bits per heavy atom. The molecule has 0 saturated carbocycles. The van der Waals surface area contributed by atoms with Gasteiger partial charge in [-0.1, -0.05) is 29.8 Å². The molecular formula is C18H18ClFN2OS. The molecule has 0 unspecified atom stereocenters. The van der Waals surface area contributed by atoms with Gasteiger partial charge in [-0.2, -0.15) is 0 Å². The van der Waals surface area contributed by atoms with Gasteiger partial charge < -0.3 is 10.6 Å². The first kappa shape index (κ1) is 17.3. The standard InChI is InChI=1S/C18H18ClFN2OS/c19-14-3-1-2-12(8-14)10-24-11-17(23)22-16-5-4-13-9-21-7-6-15(13)18(16)20/h1-5,8,21H,6-7,9-11H2,(H,22,23). The van der Waals surface area contributed by atoms with Gasteiger partial charge in [0.05, 0.1) is 11.4 Å². The molecule has 1 amide bonds. The monoisotopic (exact) mass is 364 g/mol. The minimum Gasteiger partial charge on any atom is -0.323 e. The molecule has 0 bridgehead atoms. The number of carbonyl (C=O) groups excluding carboxylic acids is 1. The molecule has 3 rings (SSSR count). The molecule has 2 N–H and O–H groups in total. The zero-order valence-electron chi connectivity index (χ0n) is 13.1. The normalized spacial score (nSPS) is 13.4. The highest BCUT2D eigenvalue weighted by molar-refractivity contribution is 7.99. The Kier molecular flexibility index (Phi) is 5.76. The van der Waals surface area contributed by atoms with Crippen molar-refractivity contribution in [1.29, 1.82) is 0 Å². The smallest absolute Gasteiger partial charge is 0.234 e. The van der Waals surface area contributed by atoms with E-state index in [9.17, 15) is 9.18 Å². The summed E-state index contributed by atoms with van der Waals surface area (Å²) in [5.41, 5.74) is 3.00. The van der Waals surface area contributed by atoms with E-state index in [0.717, 1.165) is 17.7 Å². The molecular weight excluding hydrogens is 347 g/mol. The van der Waals surface area contributed by atoms with Gasteiger partial charge in [0.25, 0.3) is 0 Å². The highest BCUT2D eigenvalue weighted by Crippen LogP contribution is 2.25. The summed E-state index contributed by atoms with van der Waals surface area (Å²) in [7, 11) is 0. The van der Waals surface area contributed by atoms with Gasteiger partial charge in [-0.25, -0.2) is 4.39 Å². The van der Waals surface area contributed by atoms with Crippen molar-refractivity contribution in [3.8, 4) is 0 Å². The van der Waals surface area contributed by atoms with Crippen LogP contribution >= 0.6 is 23.4 Å². The maximum atomic E-state index is 14.5. The summed E-state index contributed by atoms with van der Waals surface area (Å²) in [5, 5.41) is 6.57. The summed E-state index contributed by atoms with van der Waals surface area (Å²) in [5.74, 6) is 0.452. The fourth-order valence-electron chi connectivity index (χ4n) is 2.70. The Labute approximate surface area is 150 Å². The first-order valence-corrected chi connectivity index (χ1v) is 9.30. The molecule has 1 heterocycles. The van der Waals surface area contributed by atoms with Crippen molar-refractivity contribution < 1.29 is 9.18 Å². The van der Waals surface area contributed by atoms with Crippen molar-refractivity contribution in [1.82, 2.24) is 5.32 Å². The highest BCUT2D eigenvalue weighted by Gasteiger charge is 2.17. The fraction of sp³-hybridized carbons (Fsp3) is 0.278. The van der Waals surface area contributed by atoms with Crippen molar-refractivity contribution >= 4 is 35.0 Å². The maximum absolute atomic E-state index is 14.5. The van der Waals surface area contributed by atoms with Gasteiger partial charge in [0.1, 0.15) is 5.82 Å². The number of halogens is 2. The minimum atomic E-state index is -0.304. The molecule has 0 radical (unpaired) electrons. The van der Waals surface area contributed by atoms with Gasteiger partial charge in [-0.05, 0) is 47.9 Å². The average Bonchev–Trinajstić information content (AvgIpc) is 2.58. The second kappa shape index (κ2) is 8.01. The molecule has 0 fully saturated rings. The third-order valence-corrected chi connectivity index (χ3v) is 5.11. The van der Waals surface area contributed by atoms with Gasteiger partial charge in [0.15, 0.2) is 0 Å². The second-order valence-corrected chi connectivity index (χ2v) is 7.08. The Bertz CT molecular complexity index is 754. The van der Waals surface area contributed by atoms with Crippen molar-refractivity contribution in [2.75, 3.05) is 17.6 Å².